The Bertz CT molecular complexity index is 303. The minimum atomic E-state index is -0.184. The van der Waals surface area contributed by atoms with Crippen molar-refractivity contribution in [1.82, 2.24) is 4.98 Å². The Morgan fingerprint density at radius 3 is 2.33 bits per heavy atom. The molecule has 0 amide bonds. The number of aromatic nitrogens is 1. The molecule has 0 aromatic carbocycles. The topological polar surface area (TPSA) is 25.4 Å². The predicted octanol–water partition coefficient (Wildman–Crippen LogP) is 2.63. The van der Waals surface area contributed by atoms with Crippen LogP contribution in [0.4, 0.5) is 0 Å². The van der Waals surface area contributed by atoms with Gasteiger partial charge in [-0.05, 0) is 24.6 Å². The minimum absolute atomic E-state index is 0.184. The van der Waals surface area contributed by atoms with E-state index in [9.17, 15) is 0 Å². The lowest BCUT2D eigenvalue weighted by Gasteiger charge is -2.05. The van der Waals surface area contributed by atoms with E-state index in [2.05, 4.69) is 4.98 Å². The zero-order chi connectivity index (χ0) is 8.77. The van der Waals surface area contributed by atoms with E-state index in [4.69, 9.17) is 27.9 Å². The number of epoxide rings is 1. The molecule has 0 aliphatic carbocycles. The lowest BCUT2D eigenvalue weighted by Crippen LogP contribution is -2.02. The fraction of sp³-hybridized carbons (Fsp3) is 0.375. The second kappa shape index (κ2) is 2.59. The van der Waals surface area contributed by atoms with Crippen LogP contribution in [0.5, 0.6) is 0 Å². The van der Waals surface area contributed by atoms with Crippen molar-refractivity contribution >= 4 is 23.2 Å². The normalized spacial score (nSPS) is 27.2. The zero-order valence-corrected chi connectivity index (χ0v) is 7.99. The summed E-state index contributed by atoms with van der Waals surface area (Å²) in [5.74, 6) is 0. The maximum Gasteiger partial charge on any atom is 0.131 e. The molecule has 0 bridgehead atoms. The Morgan fingerprint density at radius 2 is 1.92 bits per heavy atom. The summed E-state index contributed by atoms with van der Waals surface area (Å²) in [7, 11) is 0. The minimum Gasteiger partial charge on any atom is -0.365 e. The van der Waals surface area contributed by atoms with Gasteiger partial charge in [0.15, 0.2) is 0 Å². The van der Waals surface area contributed by atoms with Gasteiger partial charge in [-0.1, -0.05) is 23.2 Å². The van der Waals surface area contributed by atoms with E-state index in [0.29, 0.717) is 10.3 Å². The van der Waals surface area contributed by atoms with Crippen LogP contribution in [0, 0.1) is 0 Å². The molecule has 12 heavy (non-hydrogen) atoms. The van der Waals surface area contributed by atoms with Crippen molar-refractivity contribution in [2.75, 3.05) is 6.61 Å². The largest absolute Gasteiger partial charge is 0.365 e. The van der Waals surface area contributed by atoms with Crippen LogP contribution in [0.3, 0.4) is 0 Å². The Morgan fingerprint density at radius 1 is 1.42 bits per heavy atom. The first kappa shape index (κ1) is 8.30. The number of halogens is 2. The third kappa shape index (κ3) is 1.42. The highest BCUT2D eigenvalue weighted by Gasteiger charge is 2.41. The molecule has 1 unspecified atom stereocenters. The van der Waals surface area contributed by atoms with Gasteiger partial charge in [0, 0.05) is 0 Å². The SMILES string of the molecule is CC1(c2cc(Cl)nc(Cl)c2)CO1. The summed E-state index contributed by atoms with van der Waals surface area (Å²) in [6.07, 6.45) is 0. The summed E-state index contributed by atoms with van der Waals surface area (Å²) < 4.78 is 5.25. The van der Waals surface area contributed by atoms with Crippen LogP contribution in [0.2, 0.25) is 10.3 Å². The molecule has 2 heterocycles. The Balaban J connectivity index is 2.44. The Hall–Kier alpha value is -0.310. The maximum atomic E-state index is 5.73. The molecule has 1 fully saturated rings. The first-order chi connectivity index (χ1) is 5.60. The van der Waals surface area contributed by atoms with Crippen molar-refractivity contribution in [3.8, 4) is 0 Å². The molecule has 0 spiro atoms. The monoisotopic (exact) mass is 203 g/mol. The summed E-state index contributed by atoms with van der Waals surface area (Å²) in [6.45, 7) is 2.72. The summed E-state index contributed by atoms with van der Waals surface area (Å²) in [5.41, 5.74) is 0.809. The molecule has 1 aromatic rings. The average molecular weight is 204 g/mol. The summed E-state index contributed by atoms with van der Waals surface area (Å²) in [5, 5.41) is 0.823. The molecule has 1 aliphatic rings. The molecule has 0 radical (unpaired) electrons. The molecular formula is C8H7Cl2NO. The third-order valence-electron chi connectivity index (χ3n) is 1.95. The van der Waals surface area contributed by atoms with Gasteiger partial charge in [0.05, 0.1) is 6.61 Å². The predicted molar refractivity (Wildman–Crippen MR) is 47.6 cm³/mol. The Labute approximate surface area is 80.5 Å². The molecule has 0 saturated carbocycles. The first-order valence-corrected chi connectivity index (χ1v) is 4.33. The van der Waals surface area contributed by atoms with E-state index in [1.165, 1.54) is 0 Å². The van der Waals surface area contributed by atoms with Crippen LogP contribution >= 0.6 is 23.2 Å². The lowest BCUT2D eigenvalue weighted by atomic mass is 10.0. The number of rotatable bonds is 1. The Kier molecular flexibility index (Phi) is 1.79. The molecule has 1 aliphatic heterocycles. The highest BCUT2D eigenvalue weighted by atomic mass is 35.5. The molecule has 2 rings (SSSR count). The van der Waals surface area contributed by atoms with E-state index in [0.717, 1.165) is 12.2 Å². The molecule has 1 atom stereocenters. The molecule has 2 nitrogen and oxygen atoms in total. The van der Waals surface area contributed by atoms with Gasteiger partial charge in [-0.2, -0.15) is 0 Å². The summed E-state index contributed by atoms with van der Waals surface area (Å²) in [4.78, 5) is 3.85. The van der Waals surface area contributed by atoms with E-state index in [-0.39, 0.29) is 5.60 Å². The van der Waals surface area contributed by atoms with Gasteiger partial charge in [-0.15, -0.1) is 0 Å². The average Bonchev–Trinajstić information content (AvgIpc) is 2.67. The van der Waals surface area contributed by atoms with E-state index >= 15 is 0 Å². The van der Waals surface area contributed by atoms with E-state index in [1.807, 2.05) is 6.92 Å². The fourth-order valence-corrected chi connectivity index (χ4v) is 1.51. The second-order valence-electron chi connectivity index (χ2n) is 3.02. The van der Waals surface area contributed by atoms with Crippen LogP contribution in [0.1, 0.15) is 12.5 Å². The van der Waals surface area contributed by atoms with Gasteiger partial charge in [0.25, 0.3) is 0 Å². The molecule has 4 heteroatoms. The van der Waals surface area contributed by atoms with Crippen LogP contribution in [0.25, 0.3) is 0 Å². The van der Waals surface area contributed by atoms with Crippen molar-refractivity contribution in [1.29, 1.82) is 0 Å². The van der Waals surface area contributed by atoms with Crippen molar-refractivity contribution in [2.24, 2.45) is 0 Å². The molecular weight excluding hydrogens is 197 g/mol. The number of nitrogens with zero attached hydrogens (tertiary/aromatic N) is 1. The van der Waals surface area contributed by atoms with Crippen LogP contribution in [-0.2, 0) is 10.3 Å². The van der Waals surface area contributed by atoms with Gasteiger partial charge >= 0.3 is 0 Å². The van der Waals surface area contributed by atoms with Crippen LogP contribution in [0.15, 0.2) is 12.1 Å². The third-order valence-corrected chi connectivity index (χ3v) is 2.34. The van der Waals surface area contributed by atoms with Crippen molar-refractivity contribution in [2.45, 2.75) is 12.5 Å². The van der Waals surface area contributed by atoms with Gasteiger partial charge in [-0.25, -0.2) is 4.98 Å². The number of hydrogen-bond donors (Lipinski definition) is 0. The molecule has 64 valence electrons. The highest BCUT2D eigenvalue weighted by Crippen LogP contribution is 2.39. The van der Waals surface area contributed by atoms with E-state index in [1.54, 1.807) is 12.1 Å². The first-order valence-electron chi connectivity index (χ1n) is 3.58. The lowest BCUT2D eigenvalue weighted by molar-refractivity contribution is 0.329. The van der Waals surface area contributed by atoms with Gasteiger partial charge in [0.2, 0.25) is 0 Å². The summed E-state index contributed by atoms with van der Waals surface area (Å²) >= 11 is 11.5. The standard InChI is InChI=1S/C8H7Cl2NO/c1-8(4-12-8)5-2-6(9)11-7(10)3-5/h2-3H,4H2,1H3. The quantitative estimate of drug-likeness (QED) is 0.519. The van der Waals surface area contributed by atoms with Crippen molar-refractivity contribution in [3.05, 3.63) is 28.0 Å². The smallest absolute Gasteiger partial charge is 0.131 e. The second-order valence-corrected chi connectivity index (χ2v) is 3.80. The van der Waals surface area contributed by atoms with Gasteiger partial charge in [0.1, 0.15) is 15.9 Å². The zero-order valence-electron chi connectivity index (χ0n) is 6.47. The fourth-order valence-electron chi connectivity index (χ4n) is 1.05. The number of ether oxygens (including phenoxy) is 1. The van der Waals surface area contributed by atoms with Gasteiger partial charge < -0.3 is 4.74 Å². The molecule has 0 N–H and O–H groups in total. The highest BCUT2D eigenvalue weighted by molar-refractivity contribution is 6.32. The number of pyridine rings is 1. The maximum absolute atomic E-state index is 5.73. The van der Waals surface area contributed by atoms with Crippen molar-refractivity contribution < 1.29 is 4.74 Å². The van der Waals surface area contributed by atoms with Gasteiger partial charge in [-0.3, -0.25) is 0 Å². The number of hydrogen-bond acceptors (Lipinski definition) is 2. The van der Waals surface area contributed by atoms with Crippen LogP contribution < -0.4 is 0 Å². The van der Waals surface area contributed by atoms with Crippen LogP contribution in [-0.4, -0.2) is 11.6 Å². The van der Waals surface area contributed by atoms with Crippen molar-refractivity contribution in [3.63, 3.8) is 0 Å². The molecule has 1 aromatic heterocycles. The molecule has 1 saturated heterocycles. The van der Waals surface area contributed by atoms with E-state index < -0.39 is 0 Å². The summed E-state index contributed by atoms with van der Waals surface area (Å²) in [6, 6.07) is 3.56.